The largest absolute Gasteiger partial charge is 0.455 e. The summed E-state index contributed by atoms with van der Waals surface area (Å²) in [5, 5.41) is 35.2. The molecule has 1 aromatic rings. The van der Waals surface area contributed by atoms with Crippen molar-refractivity contribution in [2.24, 2.45) is 33.5 Å². The second kappa shape index (κ2) is 7.61. The molecule has 6 nitrogen and oxygen atoms in total. The van der Waals surface area contributed by atoms with Crippen LogP contribution in [0.25, 0.3) is 6.08 Å². The zero-order chi connectivity index (χ0) is 25.6. The third kappa shape index (κ3) is 2.60. The van der Waals surface area contributed by atoms with Crippen molar-refractivity contribution in [3.05, 3.63) is 54.1 Å². The van der Waals surface area contributed by atoms with Gasteiger partial charge in [-0.05, 0) is 41.4 Å². The third-order valence-electron chi connectivity index (χ3n) is 10.7. The molecule has 1 aromatic carbocycles. The third-order valence-corrected chi connectivity index (χ3v) is 10.7. The van der Waals surface area contributed by atoms with Gasteiger partial charge in [-0.3, -0.25) is 4.79 Å². The van der Waals surface area contributed by atoms with Crippen LogP contribution in [0, 0.1) is 33.5 Å². The Bertz CT molecular complexity index is 1110. The molecule has 188 valence electrons. The van der Waals surface area contributed by atoms with E-state index in [1.807, 2.05) is 58.0 Å². The number of ketones is 1. The fraction of sp³-hybridized carbons (Fsp3) is 0.586. The van der Waals surface area contributed by atoms with E-state index in [0.29, 0.717) is 18.4 Å². The highest BCUT2D eigenvalue weighted by Gasteiger charge is 2.89. The molecule has 6 heteroatoms. The minimum absolute atomic E-state index is 0.0153. The highest BCUT2D eigenvalue weighted by atomic mass is 16.5. The number of fused-ring (bicyclic) bond motifs is 1. The molecule has 0 aromatic heterocycles. The summed E-state index contributed by atoms with van der Waals surface area (Å²) in [6.07, 6.45) is 0.0612. The molecule has 9 unspecified atom stereocenters. The first-order valence-electron chi connectivity index (χ1n) is 12.6. The van der Waals surface area contributed by atoms with Crippen molar-refractivity contribution in [2.75, 3.05) is 0 Å². The van der Waals surface area contributed by atoms with Gasteiger partial charge in [0.1, 0.15) is 11.9 Å². The van der Waals surface area contributed by atoms with Gasteiger partial charge in [-0.15, -0.1) is 0 Å². The van der Waals surface area contributed by atoms with Crippen molar-refractivity contribution >= 4 is 17.8 Å². The van der Waals surface area contributed by atoms with Crippen LogP contribution in [0.3, 0.4) is 0 Å². The van der Waals surface area contributed by atoms with Crippen LogP contribution < -0.4 is 0 Å². The average molecular weight is 481 g/mol. The van der Waals surface area contributed by atoms with E-state index in [-0.39, 0.29) is 12.2 Å². The molecule has 0 saturated heterocycles. The van der Waals surface area contributed by atoms with Gasteiger partial charge in [0, 0.05) is 34.7 Å². The van der Waals surface area contributed by atoms with Gasteiger partial charge in [-0.25, -0.2) is 4.79 Å². The number of ether oxygens (including phenoxy) is 1. The van der Waals surface area contributed by atoms with E-state index in [1.54, 1.807) is 6.08 Å². The first-order valence-corrected chi connectivity index (χ1v) is 12.6. The zero-order valence-electron chi connectivity index (χ0n) is 20.9. The standard InChI is InChI=1S/C29H36O6/c1-16-20(30)15-19-23(32)29-17(2)21(35-22(31)12-11-18-9-7-6-8-10-18)13-14-27(29,5)24(33)25(34)28(16,29)26(19,3)4/h6-12,16,19,21,23-25,32-34H,2,13-15H2,1,3-5H3. The lowest BCUT2D eigenvalue weighted by Gasteiger charge is -2.60. The lowest BCUT2D eigenvalue weighted by atomic mass is 9.42. The first-order chi connectivity index (χ1) is 16.4. The summed E-state index contributed by atoms with van der Waals surface area (Å²) in [6.45, 7) is 12.1. The van der Waals surface area contributed by atoms with E-state index in [4.69, 9.17) is 4.74 Å². The van der Waals surface area contributed by atoms with Gasteiger partial charge in [-0.1, -0.05) is 64.6 Å². The lowest BCUT2D eigenvalue weighted by Crippen LogP contribution is -2.63. The summed E-state index contributed by atoms with van der Waals surface area (Å²) in [7, 11) is 0. The van der Waals surface area contributed by atoms with E-state index in [9.17, 15) is 24.9 Å². The Kier molecular flexibility index (Phi) is 5.31. The molecule has 3 N–H and O–H groups in total. The molecule has 4 saturated carbocycles. The quantitative estimate of drug-likeness (QED) is 0.348. The molecule has 4 aliphatic carbocycles. The molecule has 9 atom stereocenters. The maximum absolute atomic E-state index is 13.2. The molecule has 4 fully saturated rings. The predicted octanol–water partition coefficient (Wildman–Crippen LogP) is 3.30. The molecule has 0 aliphatic heterocycles. The number of carbonyl (C=O) groups excluding carboxylic acids is 2. The van der Waals surface area contributed by atoms with E-state index < -0.39 is 63.9 Å². The average Bonchev–Trinajstić information content (AvgIpc) is 3.04. The smallest absolute Gasteiger partial charge is 0.331 e. The Morgan fingerprint density at radius 1 is 1.09 bits per heavy atom. The summed E-state index contributed by atoms with van der Waals surface area (Å²) < 4.78 is 5.89. The van der Waals surface area contributed by atoms with Gasteiger partial charge in [-0.2, -0.15) is 0 Å². The maximum atomic E-state index is 13.2. The number of esters is 1. The number of aliphatic hydroxyl groups excluding tert-OH is 3. The Balaban J connectivity index is 1.58. The van der Waals surface area contributed by atoms with Gasteiger partial charge in [0.25, 0.3) is 0 Å². The topological polar surface area (TPSA) is 104 Å². The molecule has 5 rings (SSSR count). The van der Waals surface area contributed by atoms with Crippen LogP contribution in [0.1, 0.15) is 52.5 Å². The van der Waals surface area contributed by atoms with Gasteiger partial charge >= 0.3 is 5.97 Å². The summed E-state index contributed by atoms with van der Waals surface area (Å²) in [6, 6.07) is 9.43. The van der Waals surface area contributed by atoms with Crippen LogP contribution in [0.4, 0.5) is 0 Å². The van der Waals surface area contributed by atoms with Crippen molar-refractivity contribution in [1.82, 2.24) is 0 Å². The highest BCUT2D eigenvalue weighted by molar-refractivity contribution is 5.87. The lowest BCUT2D eigenvalue weighted by molar-refractivity contribution is -0.173. The number of Topliss-reactive ketones (excluding diaryl/α,β-unsaturated/α-hetero) is 1. The molecule has 0 amide bonds. The SMILES string of the molecule is C=C1C(OC(=O)C=Cc2ccccc2)CCC2(C)C(O)C(O)C34C(C)C(=O)CC(C(O)C123)C4(C)C. The highest BCUT2D eigenvalue weighted by Crippen LogP contribution is 2.85. The molecule has 4 aliphatic rings. The normalized spacial score (nSPS) is 45.9. The monoisotopic (exact) mass is 480 g/mol. The molecule has 2 spiro atoms. The molecule has 0 radical (unpaired) electrons. The Labute approximate surface area is 206 Å². The molecular formula is C29H36O6. The number of carbonyl (C=O) groups is 2. The summed E-state index contributed by atoms with van der Waals surface area (Å²) in [5.41, 5.74) is -2.50. The Morgan fingerprint density at radius 2 is 1.74 bits per heavy atom. The Hall–Kier alpha value is -2.28. The van der Waals surface area contributed by atoms with Crippen LogP contribution >= 0.6 is 0 Å². The number of hydrogen-bond acceptors (Lipinski definition) is 6. The van der Waals surface area contributed by atoms with Crippen molar-refractivity contribution in [1.29, 1.82) is 0 Å². The second-order valence-corrected chi connectivity index (χ2v) is 11.9. The van der Waals surface area contributed by atoms with Crippen molar-refractivity contribution in [3.8, 4) is 0 Å². The fourth-order valence-electron chi connectivity index (χ4n) is 9.25. The van der Waals surface area contributed by atoms with Crippen molar-refractivity contribution < 1.29 is 29.6 Å². The number of hydrogen-bond donors (Lipinski definition) is 3. The van der Waals surface area contributed by atoms with Crippen LogP contribution in [0.2, 0.25) is 0 Å². The second-order valence-electron chi connectivity index (χ2n) is 11.9. The maximum Gasteiger partial charge on any atom is 0.331 e. The van der Waals surface area contributed by atoms with Gasteiger partial charge in [0.2, 0.25) is 0 Å². The van der Waals surface area contributed by atoms with Gasteiger partial charge in [0.05, 0.1) is 18.3 Å². The van der Waals surface area contributed by atoms with Crippen molar-refractivity contribution in [3.63, 3.8) is 0 Å². The Morgan fingerprint density at radius 3 is 2.40 bits per heavy atom. The first kappa shape index (κ1) is 24.4. The van der Waals surface area contributed by atoms with Crippen LogP contribution in [0.15, 0.2) is 48.6 Å². The predicted molar refractivity (Wildman–Crippen MR) is 131 cm³/mol. The minimum Gasteiger partial charge on any atom is -0.455 e. The van der Waals surface area contributed by atoms with Crippen LogP contribution in [-0.2, 0) is 14.3 Å². The summed E-state index contributed by atoms with van der Waals surface area (Å²) >= 11 is 0. The number of benzene rings is 1. The van der Waals surface area contributed by atoms with Crippen LogP contribution in [0.5, 0.6) is 0 Å². The molecular weight excluding hydrogens is 444 g/mol. The van der Waals surface area contributed by atoms with E-state index in [2.05, 4.69) is 6.58 Å². The fourth-order valence-corrected chi connectivity index (χ4v) is 9.25. The number of rotatable bonds is 3. The zero-order valence-corrected chi connectivity index (χ0v) is 20.9. The van der Waals surface area contributed by atoms with Gasteiger partial charge < -0.3 is 20.1 Å². The summed E-state index contributed by atoms with van der Waals surface area (Å²) in [5.74, 6) is -1.52. The van der Waals surface area contributed by atoms with Gasteiger partial charge in [0.15, 0.2) is 0 Å². The molecule has 35 heavy (non-hydrogen) atoms. The molecule has 2 bridgehead atoms. The number of aliphatic hydroxyl groups is 3. The van der Waals surface area contributed by atoms with E-state index in [0.717, 1.165) is 5.56 Å². The van der Waals surface area contributed by atoms with Crippen molar-refractivity contribution in [2.45, 2.75) is 71.4 Å². The summed E-state index contributed by atoms with van der Waals surface area (Å²) in [4.78, 5) is 26.0. The van der Waals surface area contributed by atoms with E-state index in [1.165, 1.54) is 6.08 Å². The minimum atomic E-state index is -1.22. The van der Waals surface area contributed by atoms with E-state index >= 15 is 0 Å². The van der Waals surface area contributed by atoms with Crippen LogP contribution in [-0.4, -0.2) is 51.5 Å². The molecule has 0 heterocycles.